The van der Waals surface area contributed by atoms with Gasteiger partial charge in [-0.2, -0.15) is 8.42 Å². The largest absolute Gasteiger partial charge is 0.351 e. The van der Waals surface area contributed by atoms with Crippen LogP contribution in [0.5, 0.6) is 0 Å². The first-order valence-electron chi connectivity index (χ1n) is 12.6. The molecular formula is C25H30ClN7O4S2. The molecule has 2 aliphatic heterocycles. The van der Waals surface area contributed by atoms with Crippen molar-refractivity contribution in [3.63, 3.8) is 0 Å². The number of nitrogens with zero attached hydrogens (tertiary/aromatic N) is 5. The number of piperazine rings is 1. The Bertz CT molecular complexity index is 1460. The molecule has 2 fully saturated rings. The number of amides is 1. The predicted octanol–water partition coefficient (Wildman–Crippen LogP) is 3.83. The van der Waals surface area contributed by atoms with Gasteiger partial charge in [0.05, 0.1) is 29.8 Å². The highest BCUT2D eigenvalue weighted by atomic mass is 35.5. The normalized spacial score (nSPS) is 19.0. The van der Waals surface area contributed by atoms with Gasteiger partial charge in [0.25, 0.3) is 16.0 Å². The highest BCUT2D eigenvalue weighted by Crippen LogP contribution is 2.35. The van der Waals surface area contributed by atoms with Crippen LogP contribution in [-0.2, 0) is 14.3 Å². The van der Waals surface area contributed by atoms with Crippen molar-refractivity contribution in [1.29, 1.82) is 0 Å². The van der Waals surface area contributed by atoms with Gasteiger partial charge in [0.2, 0.25) is 0 Å². The fourth-order valence-electron chi connectivity index (χ4n) is 5.06. The number of nitrogens with one attached hydrogen (secondary N) is 2. The number of rotatable bonds is 10. The molecule has 0 radical (unpaired) electrons. The lowest BCUT2D eigenvalue weighted by molar-refractivity contribution is 0.103. The van der Waals surface area contributed by atoms with Crippen LogP contribution in [0.1, 0.15) is 33.9 Å². The van der Waals surface area contributed by atoms with Gasteiger partial charge in [-0.15, -0.1) is 0 Å². The average Bonchev–Trinajstić information content (AvgIpc) is 3.59. The van der Waals surface area contributed by atoms with E-state index < -0.39 is 10.1 Å². The standard InChI is InChI=1S/C25H30ClN7O4S2/c1-15-6-4-7-19(26)23(15)31-24(34)20-12-27-25(38-20)30-21-11-22(29-16(2)28-21)33-14-17-10-18(33)13-32(17)8-5-9-37-39(3,35)36/h4,6-7,11-12,17-18H,5,8-10,13-14H2,1-3H3,(H,31,34)(H,27,28,29,30)/t17-,18-/m1/s1. The van der Waals surface area contributed by atoms with E-state index in [1.807, 2.05) is 32.0 Å². The molecule has 0 spiro atoms. The summed E-state index contributed by atoms with van der Waals surface area (Å²) >= 11 is 7.47. The summed E-state index contributed by atoms with van der Waals surface area (Å²) in [5.74, 6) is 1.81. The third kappa shape index (κ3) is 6.67. The van der Waals surface area contributed by atoms with Gasteiger partial charge in [0, 0.05) is 37.8 Å². The lowest BCUT2D eigenvalue weighted by Crippen LogP contribution is -2.47. The molecule has 2 aliphatic rings. The van der Waals surface area contributed by atoms with Gasteiger partial charge in [-0.25, -0.2) is 15.0 Å². The second-order valence-corrected chi connectivity index (χ2v) is 12.9. The van der Waals surface area contributed by atoms with Gasteiger partial charge in [-0.3, -0.25) is 13.9 Å². The van der Waals surface area contributed by atoms with Gasteiger partial charge in [0.1, 0.15) is 22.3 Å². The van der Waals surface area contributed by atoms with Gasteiger partial charge in [0.15, 0.2) is 5.13 Å². The van der Waals surface area contributed by atoms with E-state index in [9.17, 15) is 13.2 Å². The van der Waals surface area contributed by atoms with Crippen LogP contribution in [0, 0.1) is 13.8 Å². The number of para-hydroxylation sites is 1. The first-order chi connectivity index (χ1) is 18.6. The summed E-state index contributed by atoms with van der Waals surface area (Å²) in [5.41, 5.74) is 1.46. The van der Waals surface area contributed by atoms with Gasteiger partial charge < -0.3 is 15.5 Å². The molecule has 2 atom stereocenters. The maximum absolute atomic E-state index is 12.8. The number of hydrogen-bond acceptors (Lipinski definition) is 11. The minimum Gasteiger partial charge on any atom is -0.351 e. The molecule has 4 heterocycles. The molecule has 2 saturated heterocycles. The minimum absolute atomic E-state index is 0.205. The Kier molecular flexibility index (Phi) is 8.06. The van der Waals surface area contributed by atoms with Crippen molar-refractivity contribution >= 4 is 61.4 Å². The molecule has 1 amide bonds. The first kappa shape index (κ1) is 27.7. The smallest absolute Gasteiger partial charge is 0.267 e. The van der Waals surface area contributed by atoms with Gasteiger partial charge in [-0.1, -0.05) is 35.1 Å². The van der Waals surface area contributed by atoms with Gasteiger partial charge >= 0.3 is 0 Å². The molecule has 2 N–H and O–H groups in total. The Morgan fingerprint density at radius 1 is 1.23 bits per heavy atom. The monoisotopic (exact) mass is 591 g/mol. The zero-order valence-corrected chi connectivity index (χ0v) is 24.2. The highest BCUT2D eigenvalue weighted by Gasteiger charge is 2.43. The predicted molar refractivity (Wildman–Crippen MR) is 153 cm³/mol. The molecule has 11 nitrogen and oxygen atoms in total. The second kappa shape index (κ2) is 11.3. The Hall–Kier alpha value is -2.84. The summed E-state index contributed by atoms with van der Waals surface area (Å²) in [4.78, 5) is 31.5. The molecule has 3 aromatic rings. The minimum atomic E-state index is -3.40. The zero-order chi connectivity index (χ0) is 27.7. The van der Waals surface area contributed by atoms with Crippen molar-refractivity contribution in [3.05, 3.63) is 51.7 Å². The molecule has 0 unspecified atom stereocenters. The van der Waals surface area contributed by atoms with Crippen LogP contribution in [0.2, 0.25) is 5.02 Å². The molecule has 1 aromatic carbocycles. The van der Waals surface area contributed by atoms with Crippen LogP contribution in [0.25, 0.3) is 0 Å². The number of thiazole rings is 1. The number of carbonyl (C=O) groups is 1. The fourth-order valence-corrected chi connectivity index (χ4v) is 6.46. The van der Waals surface area contributed by atoms with Crippen LogP contribution < -0.4 is 15.5 Å². The Morgan fingerprint density at radius 2 is 2.05 bits per heavy atom. The van der Waals surface area contributed by atoms with Crippen LogP contribution in [0.3, 0.4) is 0 Å². The Labute approximate surface area is 236 Å². The third-order valence-electron chi connectivity index (χ3n) is 6.78. The molecule has 5 rings (SSSR count). The van der Waals surface area contributed by atoms with Crippen LogP contribution in [0.15, 0.2) is 30.5 Å². The number of aryl methyl sites for hydroxylation is 2. The van der Waals surface area contributed by atoms with Crippen molar-refractivity contribution in [2.24, 2.45) is 0 Å². The molecule has 2 bridgehead atoms. The molecule has 14 heteroatoms. The van der Waals surface area contributed by atoms with Gasteiger partial charge in [-0.05, 0) is 38.3 Å². The average molecular weight is 592 g/mol. The summed E-state index contributed by atoms with van der Waals surface area (Å²) in [6.45, 7) is 6.48. The van der Waals surface area contributed by atoms with E-state index >= 15 is 0 Å². The van der Waals surface area contributed by atoms with E-state index in [1.165, 1.54) is 17.5 Å². The van der Waals surface area contributed by atoms with Crippen molar-refractivity contribution in [1.82, 2.24) is 19.9 Å². The maximum Gasteiger partial charge on any atom is 0.267 e. The number of carbonyl (C=O) groups excluding carboxylic acids is 1. The van der Waals surface area contributed by atoms with E-state index in [2.05, 4.69) is 35.4 Å². The lowest BCUT2D eigenvalue weighted by Gasteiger charge is -2.35. The number of hydrogen-bond donors (Lipinski definition) is 2. The van der Waals surface area contributed by atoms with E-state index in [0.29, 0.717) is 50.9 Å². The number of aromatic nitrogens is 3. The summed E-state index contributed by atoms with van der Waals surface area (Å²) in [5, 5.41) is 7.12. The Morgan fingerprint density at radius 3 is 2.77 bits per heavy atom. The Balaban J connectivity index is 1.20. The molecule has 0 aliphatic carbocycles. The van der Waals surface area contributed by atoms with Crippen LogP contribution >= 0.6 is 22.9 Å². The summed E-state index contributed by atoms with van der Waals surface area (Å²) in [7, 11) is -3.40. The quantitative estimate of drug-likeness (QED) is 0.265. The molecular weight excluding hydrogens is 562 g/mol. The molecule has 39 heavy (non-hydrogen) atoms. The summed E-state index contributed by atoms with van der Waals surface area (Å²) < 4.78 is 27.2. The maximum atomic E-state index is 12.8. The number of halogens is 1. The van der Waals surface area contributed by atoms with Crippen molar-refractivity contribution in [2.75, 3.05) is 48.0 Å². The van der Waals surface area contributed by atoms with E-state index in [0.717, 1.165) is 43.7 Å². The first-order valence-corrected chi connectivity index (χ1v) is 15.6. The van der Waals surface area contributed by atoms with Crippen LogP contribution in [-0.4, -0.2) is 78.8 Å². The SMILES string of the molecule is Cc1nc(Nc2ncc(C(=O)Nc3c(C)cccc3Cl)s2)cc(N2C[C@H]3C[C@@H]2CN3CCCOS(C)(=O)=O)n1. The van der Waals surface area contributed by atoms with Crippen molar-refractivity contribution in [2.45, 2.75) is 38.8 Å². The van der Waals surface area contributed by atoms with E-state index in [1.54, 1.807) is 6.07 Å². The highest BCUT2D eigenvalue weighted by molar-refractivity contribution is 7.85. The molecule has 0 saturated carbocycles. The number of likely N-dealkylation sites (tertiary alicyclic amines) is 1. The lowest BCUT2D eigenvalue weighted by atomic mass is 10.2. The fraction of sp³-hybridized carbons (Fsp3) is 0.440. The number of anilines is 4. The van der Waals surface area contributed by atoms with E-state index in [4.69, 9.17) is 15.8 Å². The van der Waals surface area contributed by atoms with Crippen LogP contribution in [0.4, 0.5) is 22.5 Å². The molecule has 2 aromatic heterocycles. The number of benzene rings is 1. The van der Waals surface area contributed by atoms with E-state index in [-0.39, 0.29) is 12.5 Å². The topological polar surface area (TPSA) is 130 Å². The third-order valence-corrected chi connectivity index (χ3v) is 8.61. The second-order valence-electron chi connectivity index (χ2n) is 9.77. The summed E-state index contributed by atoms with van der Waals surface area (Å²) in [6.07, 6.45) is 4.30. The van der Waals surface area contributed by atoms with Crippen molar-refractivity contribution < 1.29 is 17.4 Å². The zero-order valence-electron chi connectivity index (χ0n) is 21.8. The molecule has 208 valence electrons. The number of fused-ring (bicyclic) bond motifs is 2. The van der Waals surface area contributed by atoms with Crippen molar-refractivity contribution in [3.8, 4) is 0 Å². The summed E-state index contributed by atoms with van der Waals surface area (Å²) in [6, 6.07) is 8.09.